The van der Waals surface area contributed by atoms with Crippen LogP contribution in [-0.2, 0) is 16.6 Å². The minimum atomic E-state index is -0.723. The smallest absolute Gasteiger partial charge is 0.423 e. The second-order valence-electron chi connectivity index (χ2n) is 2.78. The van der Waals surface area contributed by atoms with Crippen LogP contribution in [0.3, 0.4) is 0 Å². The quantitative estimate of drug-likeness (QED) is 0.567. The Kier molecular flexibility index (Phi) is 2.21. The Hall–Kier alpha value is -0.315. The molecule has 0 saturated carbocycles. The van der Waals surface area contributed by atoms with Gasteiger partial charge in [0.25, 0.3) is 0 Å². The number of hydrogen-bond acceptors (Lipinski definition) is 2. The van der Waals surface area contributed by atoms with E-state index in [1.165, 1.54) is 5.56 Å². The largest absolute Gasteiger partial charge is 0.491 e. The van der Waals surface area contributed by atoms with Gasteiger partial charge in [0.05, 0.1) is 6.61 Å². The van der Waals surface area contributed by atoms with Gasteiger partial charge in [-0.05, 0) is 16.6 Å². The van der Waals surface area contributed by atoms with Gasteiger partial charge in [-0.25, -0.2) is 0 Å². The molecule has 2 nitrogen and oxygen atoms in total. The lowest BCUT2D eigenvalue weighted by Gasteiger charge is -2.02. The first kappa shape index (κ1) is 8.29. The van der Waals surface area contributed by atoms with E-state index >= 15 is 0 Å². The number of fused-ring (bicyclic) bond motifs is 1. The fraction of sp³-hybridized carbons (Fsp3) is 0.250. The number of alkyl halides is 1. The predicted molar refractivity (Wildman–Crippen MR) is 51.5 cm³/mol. The Morgan fingerprint density at radius 1 is 1.58 bits per heavy atom. The van der Waals surface area contributed by atoms with Crippen LogP contribution in [0.2, 0.25) is 0 Å². The van der Waals surface area contributed by atoms with Crippen molar-refractivity contribution in [2.45, 2.75) is 11.9 Å². The van der Waals surface area contributed by atoms with Crippen LogP contribution in [-0.4, -0.2) is 12.1 Å². The van der Waals surface area contributed by atoms with Crippen molar-refractivity contribution in [3.05, 3.63) is 29.3 Å². The molecule has 0 radical (unpaired) electrons. The third kappa shape index (κ3) is 1.20. The van der Waals surface area contributed by atoms with Gasteiger partial charge in [-0.2, -0.15) is 0 Å². The van der Waals surface area contributed by atoms with Gasteiger partial charge in [0.15, 0.2) is 0 Å². The summed E-state index contributed by atoms with van der Waals surface area (Å²) < 4.78 is 5.10. The van der Waals surface area contributed by atoms with E-state index in [2.05, 4.69) is 15.9 Å². The van der Waals surface area contributed by atoms with Gasteiger partial charge in [-0.1, -0.05) is 34.1 Å². The molecule has 1 aliphatic rings. The Morgan fingerprint density at radius 3 is 3.17 bits per heavy atom. The topological polar surface area (TPSA) is 29.5 Å². The van der Waals surface area contributed by atoms with E-state index in [9.17, 15) is 5.02 Å². The second-order valence-corrected chi connectivity index (χ2v) is 3.34. The molecule has 12 heavy (non-hydrogen) atoms. The summed E-state index contributed by atoms with van der Waals surface area (Å²) in [6.45, 7) is 0.526. The highest BCUT2D eigenvalue weighted by molar-refractivity contribution is 9.08. The highest BCUT2D eigenvalue weighted by atomic mass is 79.9. The van der Waals surface area contributed by atoms with Gasteiger partial charge in [-0.15, -0.1) is 0 Å². The van der Waals surface area contributed by atoms with Crippen molar-refractivity contribution in [3.63, 3.8) is 0 Å². The van der Waals surface area contributed by atoms with Gasteiger partial charge in [0.2, 0.25) is 0 Å². The van der Waals surface area contributed by atoms with Crippen LogP contribution in [0.1, 0.15) is 11.1 Å². The van der Waals surface area contributed by atoms with Crippen molar-refractivity contribution in [2.75, 3.05) is 0 Å². The molecule has 0 atom stereocenters. The maximum atomic E-state index is 9.36. The predicted octanol–water partition coefficient (Wildman–Crippen LogP) is 0.799. The fourth-order valence-corrected chi connectivity index (χ4v) is 1.96. The van der Waals surface area contributed by atoms with Crippen molar-refractivity contribution in [2.24, 2.45) is 0 Å². The molecule has 0 unspecified atom stereocenters. The molecular weight excluding hydrogens is 219 g/mol. The number of hydrogen-bond donors (Lipinski definition) is 1. The molecule has 1 N–H and O–H groups in total. The highest BCUT2D eigenvalue weighted by Crippen LogP contribution is 2.16. The third-order valence-corrected chi connectivity index (χ3v) is 2.71. The van der Waals surface area contributed by atoms with Crippen molar-refractivity contribution < 1.29 is 9.68 Å². The van der Waals surface area contributed by atoms with E-state index in [0.29, 0.717) is 6.61 Å². The molecule has 0 bridgehead atoms. The van der Waals surface area contributed by atoms with Gasteiger partial charge < -0.3 is 9.68 Å². The molecular formula is C8H8BBrO2. The van der Waals surface area contributed by atoms with Crippen LogP contribution in [0.15, 0.2) is 18.2 Å². The average molecular weight is 227 g/mol. The zero-order valence-corrected chi connectivity index (χ0v) is 8.04. The molecule has 4 heteroatoms. The Balaban J connectivity index is 2.50. The van der Waals surface area contributed by atoms with Gasteiger partial charge in [-0.3, -0.25) is 0 Å². The normalized spacial score (nSPS) is 15.0. The van der Waals surface area contributed by atoms with Crippen LogP contribution in [0, 0.1) is 0 Å². The molecule has 62 valence electrons. The minimum absolute atomic E-state index is 0.526. The second kappa shape index (κ2) is 3.20. The lowest BCUT2D eigenvalue weighted by Crippen LogP contribution is -2.28. The van der Waals surface area contributed by atoms with E-state index in [0.717, 1.165) is 16.4 Å². The standard InChI is InChI=1S/C8H8BBrO2/c10-4-6-2-1-3-8-7(6)5-12-9(8)11/h1-3,11H,4-5H2. The summed E-state index contributed by atoms with van der Waals surface area (Å²) in [4.78, 5) is 0. The van der Waals surface area contributed by atoms with Crippen LogP contribution in [0.25, 0.3) is 0 Å². The van der Waals surface area contributed by atoms with Gasteiger partial charge in [0.1, 0.15) is 0 Å². The molecule has 1 aromatic rings. The zero-order valence-electron chi connectivity index (χ0n) is 6.46. The zero-order chi connectivity index (χ0) is 8.55. The first-order valence-corrected chi connectivity index (χ1v) is 4.91. The Labute approximate surface area is 79.8 Å². The number of halogens is 1. The molecule has 0 spiro atoms. The van der Waals surface area contributed by atoms with Crippen LogP contribution in [0.5, 0.6) is 0 Å². The van der Waals surface area contributed by atoms with Crippen LogP contribution < -0.4 is 5.46 Å². The summed E-state index contributed by atoms with van der Waals surface area (Å²) in [6, 6.07) is 5.88. The summed E-state index contributed by atoms with van der Waals surface area (Å²) in [6.07, 6.45) is 0. The first-order valence-electron chi connectivity index (χ1n) is 3.79. The van der Waals surface area contributed by atoms with E-state index in [4.69, 9.17) is 4.65 Å². The summed E-state index contributed by atoms with van der Waals surface area (Å²) in [7, 11) is -0.723. The first-order chi connectivity index (χ1) is 5.83. The SMILES string of the molecule is OB1OCc2c(CBr)cccc21. The fourth-order valence-electron chi connectivity index (χ4n) is 1.44. The number of benzene rings is 1. The van der Waals surface area contributed by atoms with E-state index < -0.39 is 7.12 Å². The summed E-state index contributed by atoms with van der Waals surface area (Å²) in [5.41, 5.74) is 3.23. The summed E-state index contributed by atoms with van der Waals surface area (Å²) in [5.74, 6) is 0. The molecule has 1 aliphatic heterocycles. The highest BCUT2D eigenvalue weighted by Gasteiger charge is 2.28. The molecule has 0 aliphatic carbocycles. The molecule has 0 saturated heterocycles. The van der Waals surface area contributed by atoms with E-state index in [-0.39, 0.29) is 0 Å². The minimum Gasteiger partial charge on any atom is -0.423 e. The summed E-state index contributed by atoms with van der Waals surface area (Å²) >= 11 is 3.39. The molecule has 0 aromatic heterocycles. The molecule has 1 aromatic carbocycles. The van der Waals surface area contributed by atoms with Crippen molar-refractivity contribution in [1.82, 2.24) is 0 Å². The maximum absolute atomic E-state index is 9.36. The lowest BCUT2D eigenvalue weighted by atomic mass is 9.79. The molecule has 0 amide bonds. The molecule has 1 heterocycles. The number of rotatable bonds is 1. The van der Waals surface area contributed by atoms with Crippen LogP contribution in [0.4, 0.5) is 0 Å². The lowest BCUT2D eigenvalue weighted by molar-refractivity contribution is 0.275. The average Bonchev–Trinajstić information content (AvgIpc) is 2.48. The molecule has 2 rings (SSSR count). The summed E-state index contributed by atoms with van der Waals surface area (Å²) in [5, 5.41) is 10.2. The third-order valence-electron chi connectivity index (χ3n) is 2.10. The van der Waals surface area contributed by atoms with Crippen molar-refractivity contribution in [1.29, 1.82) is 0 Å². The monoisotopic (exact) mass is 226 g/mol. The van der Waals surface area contributed by atoms with E-state index in [1.54, 1.807) is 0 Å². The van der Waals surface area contributed by atoms with E-state index in [1.807, 2.05) is 18.2 Å². The Morgan fingerprint density at radius 2 is 2.42 bits per heavy atom. The maximum Gasteiger partial charge on any atom is 0.491 e. The van der Waals surface area contributed by atoms with Gasteiger partial charge in [0, 0.05) is 5.33 Å². The van der Waals surface area contributed by atoms with Gasteiger partial charge >= 0.3 is 7.12 Å². The van der Waals surface area contributed by atoms with Crippen LogP contribution >= 0.6 is 15.9 Å². The molecule has 0 fully saturated rings. The van der Waals surface area contributed by atoms with Crippen molar-refractivity contribution in [3.8, 4) is 0 Å². The Bertz CT molecular complexity index is 303. The van der Waals surface area contributed by atoms with Crippen molar-refractivity contribution >= 4 is 28.5 Å².